The normalized spacial score (nSPS) is 10.2. The first-order chi connectivity index (χ1) is 5.86. The predicted octanol–water partition coefficient (Wildman–Crippen LogP) is 1.35. The smallest absolute Gasteiger partial charge is 0.254 e. The lowest BCUT2D eigenvalue weighted by atomic mass is 10.4. The second-order valence-electron chi connectivity index (χ2n) is 2.49. The number of nitrogens with zero attached hydrogens (tertiary/aromatic N) is 1. The van der Waals surface area contributed by atoms with Gasteiger partial charge < -0.3 is 14.4 Å². The summed E-state index contributed by atoms with van der Waals surface area (Å²) in [6, 6.07) is 1.59. The molecule has 0 aromatic carbocycles. The summed E-state index contributed by atoms with van der Waals surface area (Å²) in [5.74, 6) is 0.883. The Morgan fingerprint density at radius 2 is 2.50 bits per heavy atom. The highest BCUT2D eigenvalue weighted by molar-refractivity contribution is 5.09. The quantitative estimate of drug-likeness (QED) is 0.679. The van der Waals surface area contributed by atoms with Crippen molar-refractivity contribution >= 4 is 0 Å². The number of aliphatic hydroxyl groups excluding tert-OH is 1. The Kier molecular flexibility index (Phi) is 3.60. The predicted molar refractivity (Wildman–Crippen MR) is 42.8 cm³/mol. The van der Waals surface area contributed by atoms with Crippen LogP contribution in [0.1, 0.15) is 25.5 Å². The van der Waals surface area contributed by atoms with E-state index in [4.69, 9.17) is 14.4 Å². The van der Waals surface area contributed by atoms with Crippen LogP contribution in [-0.4, -0.2) is 16.9 Å². The molecule has 0 bridgehead atoms. The third kappa shape index (κ3) is 2.54. The molecule has 68 valence electrons. The highest BCUT2D eigenvalue weighted by atomic mass is 16.5. The van der Waals surface area contributed by atoms with E-state index in [0.29, 0.717) is 18.2 Å². The van der Waals surface area contributed by atoms with E-state index in [1.54, 1.807) is 6.07 Å². The molecule has 0 radical (unpaired) electrons. The molecule has 1 aromatic rings. The Balaban J connectivity index is 2.31. The summed E-state index contributed by atoms with van der Waals surface area (Å²) in [4.78, 5) is 0. The third-order valence-corrected chi connectivity index (χ3v) is 1.44. The topological polar surface area (TPSA) is 55.5 Å². The number of hydrogen-bond acceptors (Lipinski definition) is 4. The maximum Gasteiger partial charge on any atom is 0.254 e. The summed E-state index contributed by atoms with van der Waals surface area (Å²) in [7, 11) is 0. The molecule has 0 amide bonds. The van der Waals surface area contributed by atoms with Gasteiger partial charge >= 0.3 is 0 Å². The van der Waals surface area contributed by atoms with Gasteiger partial charge in [0.15, 0.2) is 5.76 Å². The first-order valence-electron chi connectivity index (χ1n) is 4.06. The summed E-state index contributed by atoms with van der Waals surface area (Å²) in [6.07, 6.45) is 2.09. The highest BCUT2D eigenvalue weighted by Crippen LogP contribution is 2.11. The van der Waals surface area contributed by atoms with Crippen molar-refractivity contribution < 1.29 is 14.4 Å². The fourth-order valence-corrected chi connectivity index (χ4v) is 0.758. The van der Waals surface area contributed by atoms with Gasteiger partial charge in [-0.15, -0.1) is 0 Å². The maximum atomic E-state index is 8.63. The number of hydrogen-bond donors (Lipinski definition) is 1. The van der Waals surface area contributed by atoms with Crippen LogP contribution in [0.3, 0.4) is 0 Å². The van der Waals surface area contributed by atoms with Gasteiger partial charge in [-0.1, -0.05) is 13.3 Å². The second-order valence-corrected chi connectivity index (χ2v) is 2.49. The summed E-state index contributed by atoms with van der Waals surface area (Å²) in [6.45, 7) is 2.60. The average Bonchev–Trinajstić information content (AvgIpc) is 2.53. The van der Waals surface area contributed by atoms with Crippen LogP contribution < -0.4 is 4.74 Å². The zero-order chi connectivity index (χ0) is 8.81. The van der Waals surface area contributed by atoms with Crippen molar-refractivity contribution in [2.75, 3.05) is 6.61 Å². The lowest BCUT2D eigenvalue weighted by Gasteiger charge is -1.97. The van der Waals surface area contributed by atoms with Crippen LogP contribution in [0.4, 0.5) is 0 Å². The fraction of sp³-hybridized carbons (Fsp3) is 0.625. The molecule has 0 aliphatic heterocycles. The number of ether oxygens (including phenoxy) is 1. The van der Waals surface area contributed by atoms with Crippen molar-refractivity contribution in [2.45, 2.75) is 26.4 Å². The van der Waals surface area contributed by atoms with Crippen LogP contribution in [0.25, 0.3) is 0 Å². The van der Waals surface area contributed by atoms with E-state index in [1.165, 1.54) is 0 Å². The molecule has 0 saturated heterocycles. The van der Waals surface area contributed by atoms with Crippen LogP contribution in [0.5, 0.6) is 5.88 Å². The molecule has 1 rings (SSSR count). The van der Waals surface area contributed by atoms with E-state index in [9.17, 15) is 0 Å². The Labute approximate surface area is 71.1 Å². The fourth-order valence-electron chi connectivity index (χ4n) is 0.758. The average molecular weight is 171 g/mol. The van der Waals surface area contributed by atoms with Crippen molar-refractivity contribution in [1.82, 2.24) is 5.16 Å². The van der Waals surface area contributed by atoms with Gasteiger partial charge in [0, 0.05) is 6.07 Å². The van der Waals surface area contributed by atoms with Crippen LogP contribution in [0, 0.1) is 0 Å². The molecule has 1 aromatic heterocycles. The number of aromatic nitrogens is 1. The van der Waals surface area contributed by atoms with Gasteiger partial charge in [-0.05, 0) is 11.6 Å². The van der Waals surface area contributed by atoms with Crippen molar-refractivity contribution in [3.63, 3.8) is 0 Å². The van der Waals surface area contributed by atoms with Crippen LogP contribution in [-0.2, 0) is 6.61 Å². The molecule has 0 aliphatic carbocycles. The van der Waals surface area contributed by atoms with Crippen LogP contribution in [0.2, 0.25) is 0 Å². The zero-order valence-electron chi connectivity index (χ0n) is 7.12. The minimum absolute atomic E-state index is 0.135. The molecule has 0 unspecified atom stereocenters. The van der Waals surface area contributed by atoms with Crippen molar-refractivity contribution in [2.24, 2.45) is 0 Å². The molecular formula is C8H13NO3. The van der Waals surface area contributed by atoms with Gasteiger partial charge in [0.25, 0.3) is 5.88 Å². The van der Waals surface area contributed by atoms with Gasteiger partial charge in [-0.25, -0.2) is 0 Å². The molecule has 12 heavy (non-hydrogen) atoms. The first kappa shape index (κ1) is 9.06. The van der Waals surface area contributed by atoms with E-state index in [-0.39, 0.29) is 6.61 Å². The largest absolute Gasteiger partial charge is 0.476 e. The lowest BCUT2D eigenvalue weighted by Crippen LogP contribution is -1.95. The number of rotatable bonds is 5. The van der Waals surface area contributed by atoms with E-state index >= 15 is 0 Å². The van der Waals surface area contributed by atoms with E-state index in [1.807, 2.05) is 0 Å². The molecule has 0 atom stereocenters. The zero-order valence-corrected chi connectivity index (χ0v) is 7.12. The van der Waals surface area contributed by atoms with Gasteiger partial charge in [-0.3, -0.25) is 0 Å². The molecule has 0 saturated carbocycles. The van der Waals surface area contributed by atoms with Crippen LogP contribution in [0.15, 0.2) is 10.6 Å². The van der Waals surface area contributed by atoms with E-state index in [0.717, 1.165) is 12.8 Å². The highest BCUT2D eigenvalue weighted by Gasteiger charge is 2.02. The van der Waals surface area contributed by atoms with E-state index in [2.05, 4.69) is 12.1 Å². The minimum Gasteiger partial charge on any atom is -0.476 e. The second kappa shape index (κ2) is 4.77. The summed E-state index contributed by atoms with van der Waals surface area (Å²) in [5, 5.41) is 12.2. The molecule has 1 heterocycles. The maximum absolute atomic E-state index is 8.63. The molecular weight excluding hydrogens is 158 g/mol. The SMILES string of the molecule is CCCCOc1cc(CO)on1. The number of unbranched alkanes of at least 4 members (excludes halogenated alkanes) is 1. The first-order valence-corrected chi connectivity index (χ1v) is 4.06. The third-order valence-electron chi connectivity index (χ3n) is 1.44. The molecule has 0 aliphatic rings. The van der Waals surface area contributed by atoms with Crippen molar-refractivity contribution in [1.29, 1.82) is 0 Å². The van der Waals surface area contributed by atoms with Gasteiger partial charge in [-0.2, -0.15) is 0 Å². The Morgan fingerprint density at radius 1 is 1.67 bits per heavy atom. The Bertz CT molecular complexity index is 222. The molecule has 4 nitrogen and oxygen atoms in total. The lowest BCUT2D eigenvalue weighted by molar-refractivity contribution is 0.222. The number of aliphatic hydroxyl groups is 1. The van der Waals surface area contributed by atoms with E-state index < -0.39 is 0 Å². The molecule has 1 N–H and O–H groups in total. The van der Waals surface area contributed by atoms with Crippen molar-refractivity contribution in [3.8, 4) is 5.88 Å². The molecule has 0 fully saturated rings. The van der Waals surface area contributed by atoms with Crippen LogP contribution >= 0.6 is 0 Å². The van der Waals surface area contributed by atoms with Crippen molar-refractivity contribution in [3.05, 3.63) is 11.8 Å². The monoisotopic (exact) mass is 171 g/mol. The summed E-state index contributed by atoms with van der Waals surface area (Å²) >= 11 is 0. The van der Waals surface area contributed by atoms with Gasteiger partial charge in [0.2, 0.25) is 0 Å². The standard InChI is InChI=1S/C8H13NO3/c1-2-3-4-11-8-5-7(6-10)12-9-8/h5,10H,2-4,6H2,1H3. The molecule has 0 spiro atoms. The minimum atomic E-state index is -0.135. The molecule has 4 heteroatoms. The Hall–Kier alpha value is -1.03. The van der Waals surface area contributed by atoms with Gasteiger partial charge in [0.1, 0.15) is 6.61 Å². The summed E-state index contributed by atoms with van der Waals surface area (Å²) in [5.41, 5.74) is 0. The summed E-state index contributed by atoms with van der Waals surface area (Å²) < 4.78 is 9.93. The Morgan fingerprint density at radius 3 is 3.08 bits per heavy atom. The van der Waals surface area contributed by atoms with Gasteiger partial charge in [0.05, 0.1) is 6.61 Å².